The van der Waals surface area contributed by atoms with Crippen molar-refractivity contribution in [3.63, 3.8) is 0 Å². The highest BCUT2D eigenvalue weighted by atomic mass is 16.3. The van der Waals surface area contributed by atoms with Crippen LogP contribution in [0.25, 0.3) is 22.1 Å². The number of furan rings is 1. The highest BCUT2D eigenvalue weighted by molar-refractivity contribution is 6.02. The summed E-state index contributed by atoms with van der Waals surface area (Å²) in [5, 5.41) is 1.03. The van der Waals surface area contributed by atoms with Crippen molar-refractivity contribution in [1.29, 1.82) is 0 Å². The number of hydrogen-bond donors (Lipinski definition) is 0. The fraction of sp³-hybridized carbons (Fsp3) is 0.0968. The van der Waals surface area contributed by atoms with E-state index in [1.165, 1.54) is 27.8 Å². The van der Waals surface area contributed by atoms with Gasteiger partial charge >= 0.3 is 0 Å². The summed E-state index contributed by atoms with van der Waals surface area (Å²) in [6, 6.07) is 36.8. The van der Waals surface area contributed by atoms with Crippen LogP contribution in [0.1, 0.15) is 40.1 Å². The smallest absolute Gasteiger partial charge is 0.172 e. The molecule has 0 N–H and O–H groups in total. The van der Waals surface area contributed by atoms with Crippen molar-refractivity contribution in [2.24, 2.45) is 0 Å². The Kier molecular flexibility index (Phi) is 3.32. The standard InChI is InChI=1S/C31H20N2O/c1-2-10-20(11-3-1)30-19-31(24-15-7-5-13-22(24)30,25-16-8-6-14-23(25)30)29-32-18-27-28(33-29)21-12-4-9-17-26(21)34-27/h1-18H,19H2. The molecule has 6 aromatic rings. The quantitative estimate of drug-likeness (QED) is 0.301. The van der Waals surface area contributed by atoms with Crippen molar-refractivity contribution >= 4 is 22.1 Å². The van der Waals surface area contributed by atoms with Gasteiger partial charge in [-0.2, -0.15) is 0 Å². The van der Waals surface area contributed by atoms with Crippen molar-refractivity contribution in [3.8, 4) is 0 Å². The van der Waals surface area contributed by atoms with Gasteiger partial charge in [-0.15, -0.1) is 0 Å². The summed E-state index contributed by atoms with van der Waals surface area (Å²) in [6.07, 6.45) is 2.75. The summed E-state index contributed by atoms with van der Waals surface area (Å²) >= 11 is 0. The van der Waals surface area contributed by atoms with Gasteiger partial charge in [0.05, 0.1) is 11.6 Å². The Morgan fingerprint density at radius 3 is 1.88 bits per heavy atom. The summed E-state index contributed by atoms with van der Waals surface area (Å²) in [6.45, 7) is 0. The molecule has 0 spiro atoms. The molecule has 0 fully saturated rings. The highest BCUT2D eigenvalue weighted by Gasteiger charge is 2.63. The summed E-state index contributed by atoms with van der Waals surface area (Å²) in [5.74, 6) is 0.849. The average Bonchev–Trinajstić information content (AvgIpc) is 3.54. The van der Waals surface area contributed by atoms with E-state index in [-0.39, 0.29) is 5.41 Å². The summed E-state index contributed by atoms with van der Waals surface area (Å²) in [5.41, 5.74) is 8.50. The molecule has 0 atom stereocenters. The number of hydrogen-bond acceptors (Lipinski definition) is 3. The fourth-order valence-corrected chi connectivity index (χ4v) is 6.69. The molecule has 8 rings (SSSR count). The number of fused-ring (bicyclic) bond motifs is 11. The average molecular weight is 437 g/mol. The van der Waals surface area contributed by atoms with Crippen LogP contribution in [-0.4, -0.2) is 9.97 Å². The lowest BCUT2D eigenvalue weighted by atomic mass is 9.69. The van der Waals surface area contributed by atoms with E-state index in [2.05, 4.69) is 84.9 Å². The Hall–Kier alpha value is -4.24. The summed E-state index contributed by atoms with van der Waals surface area (Å²) < 4.78 is 6.05. The zero-order valence-corrected chi connectivity index (χ0v) is 18.4. The van der Waals surface area contributed by atoms with E-state index in [1.54, 1.807) is 0 Å². The maximum atomic E-state index is 6.05. The lowest BCUT2D eigenvalue weighted by Gasteiger charge is -2.33. The van der Waals surface area contributed by atoms with Crippen LogP contribution in [0.4, 0.5) is 0 Å². The van der Waals surface area contributed by atoms with Gasteiger partial charge in [0, 0.05) is 10.8 Å². The van der Waals surface area contributed by atoms with E-state index in [1.807, 2.05) is 24.4 Å². The van der Waals surface area contributed by atoms with Crippen LogP contribution in [0.3, 0.4) is 0 Å². The van der Waals surface area contributed by atoms with E-state index in [0.29, 0.717) is 0 Å². The second-order valence-corrected chi connectivity index (χ2v) is 9.45. The number of para-hydroxylation sites is 1. The molecular formula is C31H20N2O. The van der Waals surface area contributed by atoms with Gasteiger partial charge in [0.25, 0.3) is 0 Å². The van der Waals surface area contributed by atoms with Crippen LogP contribution >= 0.6 is 0 Å². The fourth-order valence-electron chi connectivity index (χ4n) is 6.69. The van der Waals surface area contributed by atoms with Crippen LogP contribution in [0.2, 0.25) is 0 Å². The third kappa shape index (κ3) is 2.00. The van der Waals surface area contributed by atoms with E-state index in [0.717, 1.165) is 34.3 Å². The second kappa shape index (κ2) is 6.21. The normalized spacial score (nSPS) is 22.2. The van der Waals surface area contributed by atoms with Crippen LogP contribution < -0.4 is 0 Å². The first-order chi connectivity index (χ1) is 16.8. The van der Waals surface area contributed by atoms with Crippen LogP contribution in [-0.2, 0) is 10.8 Å². The van der Waals surface area contributed by atoms with Crippen LogP contribution in [0.15, 0.2) is 114 Å². The third-order valence-corrected chi connectivity index (χ3v) is 7.99. The highest BCUT2D eigenvalue weighted by Crippen LogP contribution is 2.67. The van der Waals surface area contributed by atoms with E-state index in [9.17, 15) is 0 Å². The van der Waals surface area contributed by atoms with Gasteiger partial charge in [0.1, 0.15) is 16.9 Å². The van der Waals surface area contributed by atoms with Gasteiger partial charge in [-0.05, 0) is 46.4 Å². The zero-order chi connectivity index (χ0) is 22.3. The Labute approximate surface area is 196 Å². The van der Waals surface area contributed by atoms with Crippen molar-refractivity contribution in [2.75, 3.05) is 0 Å². The third-order valence-electron chi connectivity index (χ3n) is 7.99. The Morgan fingerprint density at radius 1 is 0.588 bits per heavy atom. The molecule has 2 bridgehead atoms. The molecule has 160 valence electrons. The first-order valence-electron chi connectivity index (χ1n) is 11.7. The lowest BCUT2D eigenvalue weighted by Crippen LogP contribution is -2.28. The van der Waals surface area contributed by atoms with Crippen molar-refractivity contribution in [3.05, 3.63) is 143 Å². The van der Waals surface area contributed by atoms with Gasteiger partial charge in [-0.3, -0.25) is 0 Å². The molecule has 3 heteroatoms. The first-order valence-corrected chi connectivity index (χ1v) is 11.7. The maximum absolute atomic E-state index is 6.05. The molecule has 3 nitrogen and oxygen atoms in total. The minimum Gasteiger partial charge on any atom is -0.453 e. The van der Waals surface area contributed by atoms with Crippen molar-refractivity contribution in [2.45, 2.75) is 17.3 Å². The Bertz CT molecular complexity index is 1700. The molecule has 0 aliphatic heterocycles. The SMILES string of the molecule is c1ccc(C23CC(c4ncc5oc6ccccc6c5n4)(c4ccccc42)c2ccccc23)cc1. The Balaban J connectivity index is 1.50. The largest absolute Gasteiger partial charge is 0.453 e. The van der Waals surface area contributed by atoms with Crippen molar-refractivity contribution < 1.29 is 4.42 Å². The molecule has 2 aliphatic carbocycles. The van der Waals surface area contributed by atoms with Crippen LogP contribution in [0, 0.1) is 0 Å². The predicted molar refractivity (Wildman–Crippen MR) is 133 cm³/mol. The first kappa shape index (κ1) is 18.2. The second-order valence-electron chi connectivity index (χ2n) is 9.45. The van der Waals surface area contributed by atoms with Gasteiger partial charge in [-0.25, -0.2) is 9.97 Å². The molecular weight excluding hydrogens is 416 g/mol. The molecule has 0 unspecified atom stereocenters. The maximum Gasteiger partial charge on any atom is 0.172 e. The van der Waals surface area contributed by atoms with Gasteiger partial charge < -0.3 is 4.42 Å². The van der Waals surface area contributed by atoms with Gasteiger partial charge in [0.15, 0.2) is 5.58 Å². The number of benzene rings is 4. The Morgan fingerprint density at radius 2 is 1.18 bits per heavy atom. The number of rotatable bonds is 2. The minimum absolute atomic E-state index is 0.217. The molecule has 0 radical (unpaired) electrons. The molecule has 0 amide bonds. The van der Waals surface area contributed by atoms with Crippen molar-refractivity contribution in [1.82, 2.24) is 9.97 Å². The van der Waals surface area contributed by atoms with Crippen LogP contribution in [0.5, 0.6) is 0 Å². The summed E-state index contributed by atoms with van der Waals surface area (Å²) in [7, 11) is 0. The van der Waals surface area contributed by atoms with Gasteiger partial charge in [-0.1, -0.05) is 91.0 Å². The monoisotopic (exact) mass is 436 g/mol. The van der Waals surface area contributed by atoms with E-state index < -0.39 is 5.41 Å². The molecule has 0 saturated carbocycles. The van der Waals surface area contributed by atoms with E-state index in [4.69, 9.17) is 14.4 Å². The topological polar surface area (TPSA) is 38.9 Å². The zero-order valence-electron chi connectivity index (χ0n) is 18.4. The molecule has 4 aromatic carbocycles. The molecule has 2 aliphatic rings. The minimum atomic E-state index is -0.407. The van der Waals surface area contributed by atoms with E-state index >= 15 is 0 Å². The van der Waals surface area contributed by atoms with Gasteiger partial charge in [0.2, 0.25) is 0 Å². The lowest BCUT2D eigenvalue weighted by molar-refractivity contribution is 0.538. The molecule has 2 aromatic heterocycles. The summed E-state index contributed by atoms with van der Waals surface area (Å²) in [4.78, 5) is 10.2. The molecule has 34 heavy (non-hydrogen) atoms. The molecule has 2 heterocycles. The molecule has 0 saturated heterocycles. The number of aromatic nitrogens is 2. The predicted octanol–water partition coefficient (Wildman–Crippen LogP) is 6.76. The number of nitrogens with zero attached hydrogens (tertiary/aromatic N) is 2.